The van der Waals surface area contributed by atoms with Gasteiger partial charge in [-0.1, -0.05) is 19.9 Å². The Bertz CT molecular complexity index is 1120. The Morgan fingerprint density at radius 2 is 2.12 bits per heavy atom. The van der Waals surface area contributed by atoms with E-state index in [4.69, 9.17) is 9.07 Å². The minimum atomic E-state index is -3.33. The third-order valence-electron chi connectivity index (χ3n) is 6.11. The Morgan fingerprint density at radius 1 is 1.31 bits per heavy atom. The molecule has 2 aliphatic rings. The number of hydrogen-bond donors (Lipinski definition) is 2. The molecular formula is C23H28BNO6S. The van der Waals surface area contributed by atoms with Crippen LogP contribution in [0.15, 0.2) is 52.1 Å². The van der Waals surface area contributed by atoms with Crippen molar-refractivity contribution in [1.29, 1.82) is 0 Å². The molecule has 1 fully saturated rings. The summed E-state index contributed by atoms with van der Waals surface area (Å²) in [4.78, 5) is 4.46. The highest BCUT2D eigenvalue weighted by molar-refractivity contribution is 7.92. The molecular weight excluding hydrogens is 429 g/mol. The Balaban J connectivity index is 1.64. The lowest BCUT2D eigenvalue weighted by Crippen LogP contribution is -2.42. The van der Waals surface area contributed by atoms with Crippen LogP contribution in [-0.4, -0.2) is 47.8 Å². The van der Waals surface area contributed by atoms with E-state index in [0.29, 0.717) is 24.4 Å². The number of rotatable bonds is 7. The Kier molecular flexibility index (Phi) is 6.71. The van der Waals surface area contributed by atoms with Crippen LogP contribution in [-0.2, 0) is 21.1 Å². The maximum atomic E-state index is 12.8. The topological polar surface area (TPSA) is 110 Å². The van der Waals surface area contributed by atoms with Crippen LogP contribution in [0.2, 0.25) is 6.32 Å². The van der Waals surface area contributed by atoms with E-state index in [1.54, 1.807) is 18.3 Å². The van der Waals surface area contributed by atoms with Crippen molar-refractivity contribution < 1.29 is 27.6 Å². The van der Waals surface area contributed by atoms with Crippen LogP contribution < -0.4 is 0 Å². The van der Waals surface area contributed by atoms with E-state index in [1.165, 1.54) is 0 Å². The highest BCUT2D eigenvalue weighted by Gasteiger charge is 2.48. The molecule has 2 aliphatic heterocycles. The van der Waals surface area contributed by atoms with E-state index < -0.39 is 28.3 Å². The molecule has 0 amide bonds. The Morgan fingerprint density at radius 3 is 2.78 bits per heavy atom. The van der Waals surface area contributed by atoms with Gasteiger partial charge in [-0.25, -0.2) is 8.42 Å². The van der Waals surface area contributed by atoms with E-state index in [0.717, 1.165) is 22.4 Å². The third kappa shape index (κ3) is 4.76. The highest BCUT2D eigenvalue weighted by Crippen LogP contribution is 2.42. The van der Waals surface area contributed by atoms with Crippen LogP contribution >= 0.6 is 0 Å². The maximum absolute atomic E-state index is 12.8. The lowest BCUT2D eigenvalue weighted by molar-refractivity contribution is 0.170. The van der Waals surface area contributed by atoms with Gasteiger partial charge in [0.2, 0.25) is 0 Å². The molecule has 1 saturated heterocycles. The number of aliphatic hydroxyl groups is 1. The molecule has 2 aromatic heterocycles. The fraction of sp³-hybridized carbons (Fsp3) is 0.435. The van der Waals surface area contributed by atoms with Crippen molar-refractivity contribution in [2.75, 3.05) is 5.75 Å². The molecule has 2 N–H and O–H groups in total. The van der Waals surface area contributed by atoms with Crippen LogP contribution in [0, 0.1) is 5.92 Å². The van der Waals surface area contributed by atoms with E-state index >= 15 is 0 Å². The van der Waals surface area contributed by atoms with Crippen molar-refractivity contribution >= 4 is 28.6 Å². The third-order valence-corrected chi connectivity index (χ3v) is 8.14. The van der Waals surface area contributed by atoms with Crippen molar-refractivity contribution in [1.82, 2.24) is 4.98 Å². The molecule has 4 rings (SSSR count). The largest absolute Gasteiger partial charge is 0.459 e. The van der Waals surface area contributed by atoms with Crippen LogP contribution in [0.25, 0.3) is 11.6 Å². The van der Waals surface area contributed by atoms with Crippen LogP contribution in [0.5, 0.6) is 0 Å². The smallest absolute Gasteiger partial charge is 0.456 e. The summed E-state index contributed by atoms with van der Waals surface area (Å²) in [6.45, 7) is 3.82. The fourth-order valence-corrected chi connectivity index (χ4v) is 6.84. The molecule has 2 aromatic rings. The van der Waals surface area contributed by atoms with Gasteiger partial charge in [0.05, 0.1) is 22.8 Å². The zero-order chi connectivity index (χ0) is 22.9. The minimum Gasteiger partial charge on any atom is -0.459 e. The van der Waals surface area contributed by atoms with E-state index in [9.17, 15) is 18.5 Å². The summed E-state index contributed by atoms with van der Waals surface area (Å²) in [7, 11) is -4.43. The van der Waals surface area contributed by atoms with Crippen molar-refractivity contribution in [3.63, 3.8) is 0 Å². The van der Waals surface area contributed by atoms with Crippen molar-refractivity contribution in [3.8, 4) is 0 Å². The van der Waals surface area contributed by atoms with Gasteiger partial charge in [-0.05, 0) is 65.8 Å². The first-order valence-corrected chi connectivity index (χ1v) is 12.6. The molecule has 0 spiro atoms. The molecule has 0 bridgehead atoms. The van der Waals surface area contributed by atoms with Gasteiger partial charge in [0.25, 0.3) is 0 Å². The van der Waals surface area contributed by atoms with E-state index in [-0.39, 0.29) is 24.6 Å². The standard InChI is InChI=1S/C23H28BNO6S/c1-15(2)19-14-32(28,29)22-12-24(27)31-21(23(19)22)9-6-16(20-5-3-4-10-25-20)11-17-7-8-18(13-26)30-17/h3-5,7-8,10-11,15,21-22,26-27H,6,9,12-14H2,1-2H3/b16-11-/t21-,22+/m1/s1. The van der Waals surface area contributed by atoms with Crippen molar-refractivity contribution in [3.05, 3.63) is 64.9 Å². The molecule has 32 heavy (non-hydrogen) atoms. The SMILES string of the molecule is CC(C)C1=C2[C@@H](CC/C(=C/c3ccc(CO)o3)c3ccccn3)OB(O)C[C@@H]2S(=O)(=O)C1. The lowest BCUT2D eigenvalue weighted by atomic mass is 9.74. The second-order valence-electron chi connectivity index (χ2n) is 8.63. The number of aliphatic hydroxyl groups excluding tert-OH is 1. The summed E-state index contributed by atoms with van der Waals surface area (Å²) in [5, 5.41) is 18.9. The first-order chi connectivity index (χ1) is 15.3. The number of furan rings is 1. The van der Waals surface area contributed by atoms with Gasteiger partial charge in [0.15, 0.2) is 9.84 Å². The van der Waals surface area contributed by atoms with Gasteiger partial charge < -0.3 is 19.2 Å². The zero-order valence-electron chi connectivity index (χ0n) is 18.3. The molecule has 0 saturated carbocycles. The highest BCUT2D eigenvalue weighted by atomic mass is 32.2. The fourth-order valence-electron chi connectivity index (χ4n) is 4.56. The molecule has 7 nitrogen and oxygen atoms in total. The Hall–Kier alpha value is -2.20. The van der Waals surface area contributed by atoms with Crippen LogP contribution in [0.4, 0.5) is 0 Å². The predicted octanol–water partition coefficient (Wildman–Crippen LogP) is 3.12. The predicted molar refractivity (Wildman–Crippen MR) is 123 cm³/mol. The molecule has 170 valence electrons. The average molecular weight is 457 g/mol. The molecule has 9 heteroatoms. The van der Waals surface area contributed by atoms with Gasteiger partial charge in [-0.3, -0.25) is 4.98 Å². The second kappa shape index (κ2) is 9.35. The second-order valence-corrected chi connectivity index (χ2v) is 10.8. The van der Waals surface area contributed by atoms with E-state index in [1.807, 2.05) is 38.1 Å². The molecule has 0 aromatic carbocycles. The first kappa shape index (κ1) is 23.0. The molecule has 0 unspecified atom stereocenters. The maximum Gasteiger partial charge on any atom is 0.456 e. The molecule has 4 heterocycles. The van der Waals surface area contributed by atoms with Gasteiger partial charge in [0, 0.05) is 12.5 Å². The number of pyridine rings is 1. The van der Waals surface area contributed by atoms with E-state index in [2.05, 4.69) is 4.98 Å². The van der Waals surface area contributed by atoms with Crippen LogP contribution in [0.1, 0.15) is 43.9 Å². The lowest BCUT2D eigenvalue weighted by Gasteiger charge is -2.32. The number of aromatic nitrogens is 1. The van der Waals surface area contributed by atoms with Crippen molar-refractivity contribution in [2.45, 2.75) is 51.0 Å². The normalized spacial score (nSPS) is 23.2. The molecule has 2 atom stereocenters. The quantitative estimate of drug-likeness (QED) is 0.486. The van der Waals surface area contributed by atoms with Gasteiger partial charge in [-0.15, -0.1) is 0 Å². The number of allylic oxidation sites excluding steroid dienone is 1. The average Bonchev–Trinajstić information content (AvgIpc) is 3.33. The summed E-state index contributed by atoms with van der Waals surface area (Å²) < 4.78 is 37.0. The van der Waals surface area contributed by atoms with Crippen LogP contribution in [0.3, 0.4) is 0 Å². The van der Waals surface area contributed by atoms with Gasteiger partial charge in [0.1, 0.15) is 18.1 Å². The van der Waals surface area contributed by atoms with Gasteiger partial charge >= 0.3 is 7.12 Å². The summed E-state index contributed by atoms with van der Waals surface area (Å²) in [6, 6.07) is 9.15. The Labute approximate surface area is 188 Å². The number of nitrogens with zero attached hydrogens (tertiary/aromatic N) is 1. The van der Waals surface area contributed by atoms with Gasteiger partial charge in [-0.2, -0.15) is 0 Å². The summed E-state index contributed by atoms with van der Waals surface area (Å²) in [5.41, 5.74) is 3.41. The summed E-state index contributed by atoms with van der Waals surface area (Å²) in [5.74, 6) is 1.21. The number of sulfone groups is 1. The summed E-state index contributed by atoms with van der Waals surface area (Å²) in [6.07, 6.45) is 4.25. The number of fused-ring (bicyclic) bond motifs is 1. The zero-order valence-corrected chi connectivity index (χ0v) is 19.1. The first-order valence-electron chi connectivity index (χ1n) is 10.9. The molecule has 0 aliphatic carbocycles. The monoisotopic (exact) mass is 457 g/mol. The molecule has 0 radical (unpaired) electrons. The van der Waals surface area contributed by atoms with Crippen molar-refractivity contribution in [2.24, 2.45) is 5.92 Å². The number of hydrogen-bond acceptors (Lipinski definition) is 7. The minimum absolute atomic E-state index is 0.0382. The summed E-state index contributed by atoms with van der Waals surface area (Å²) >= 11 is 0.